The van der Waals surface area contributed by atoms with Crippen LogP contribution in [0.15, 0.2) is 48.5 Å². The Kier molecular flexibility index (Phi) is 11.4. The molecule has 13 heteroatoms. The number of nitriles is 2. The molecule has 6 rings (SSSR count). The number of halogens is 5. The minimum Gasteiger partial charge on any atom is -0.398 e. The molecule has 0 amide bonds. The van der Waals surface area contributed by atoms with Crippen molar-refractivity contribution >= 4 is 52.0 Å². The Bertz CT molecular complexity index is 1690. The second-order valence-electron chi connectivity index (χ2n) is 8.52. The molecule has 4 heterocycles. The Hall–Kier alpha value is -4.03. The number of hydrogen-bond acceptors (Lipinski definition) is 8. The van der Waals surface area contributed by atoms with Crippen LogP contribution in [-0.4, -0.2) is 9.97 Å². The van der Waals surface area contributed by atoms with E-state index in [-0.39, 0.29) is 39.8 Å². The van der Waals surface area contributed by atoms with Crippen LogP contribution in [0.3, 0.4) is 0 Å². The number of hydrogen-bond donors (Lipinski definition) is 2. The summed E-state index contributed by atoms with van der Waals surface area (Å²) in [5, 5.41) is 19.6. The second kappa shape index (κ2) is 14.7. The van der Waals surface area contributed by atoms with Crippen LogP contribution in [0, 0.1) is 34.3 Å². The molecule has 0 spiro atoms. The van der Waals surface area contributed by atoms with E-state index in [4.69, 9.17) is 60.5 Å². The van der Waals surface area contributed by atoms with Crippen molar-refractivity contribution in [1.82, 2.24) is 9.97 Å². The quantitative estimate of drug-likeness (QED) is 0.169. The molecule has 0 saturated carbocycles. The number of pyridine rings is 2. The van der Waals surface area contributed by atoms with Crippen LogP contribution in [0.2, 0.25) is 15.5 Å². The first-order valence-corrected chi connectivity index (χ1v) is 12.9. The van der Waals surface area contributed by atoms with Crippen LogP contribution in [0.1, 0.15) is 40.8 Å². The van der Waals surface area contributed by atoms with Gasteiger partial charge in [0.2, 0.25) is 0 Å². The number of nitrogens with two attached hydrogens (primary N) is 1. The van der Waals surface area contributed by atoms with Crippen molar-refractivity contribution < 1.29 is 18.3 Å². The summed E-state index contributed by atoms with van der Waals surface area (Å²) >= 11 is 16.5. The maximum absolute atomic E-state index is 13.9. The lowest BCUT2D eigenvalue weighted by Crippen LogP contribution is -2.01. The highest BCUT2D eigenvalue weighted by molar-refractivity contribution is 6.33. The van der Waals surface area contributed by atoms with E-state index in [1.54, 1.807) is 12.1 Å². The molecule has 2 aliphatic rings. The average Bonchev–Trinajstić information content (AvgIpc) is 3.64. The normalized spacial score (nSPS) is 12.2. The molecule has 2 aromatic carbocycles. The summed E-state index contributed by atoms with van der Waals surface area (Å²) < 4.78 is 37.0. The van der Waals surface area contributed by atoms with Gasteiger partial charge in [-0.1, -0.05) is 66.5 Å². The van der Waals surface area contributed by atoms with Crippen molar-refractivity contribution in [2.75, 3.05) is 11.1 Å². The summed E-state index contributed by atoms with van der Waals surface area (Å²) in [5.41, 5.74) is 11.7. The zero-order chi connectivity index (χ0) is 29.5. The number of ether oxygens (including phenoxy) is 2. The summed E-state index contributed by atoms with van der Waals surface area (Å²) in [6, 6.07) is 17.0. The van der Waals surface area contributed by atoms with Crippen molar-refractivity contribution in [2.24, 2.45) is 0 Å². The van der Waals surface area contributed by atoms with Gasteiger partial charge in [-0.3, -0.25) is 0 Å². The fraction of sp³-hybridized carbons (Fsp3) is 0.172. The van der Waals surface area contributed by atoms with Gasteiger partial charge in [0.15, 0.2) is 22.6 Å². The van der Waals surface area contributed by atoms with Crippen LogP contribution >= 0.6 is 34.8 Å². The molecule has 0 bridgehead atoms. The van der Waals surface area contributed by atoms with E-state index in [2.05, 4.69) is 21.4 Å². The van der Waals surface area contributed by atoms with Crippen LogP contribution in [-0.2, 0) is 35.9 Å². The lowest BCUT2D eigenvalue weighted by Gasteiger charge is -2.11. The van der Waals surface area contributed by atoms with E-state index in [1.165, 1.54) is 11.1 Å². The Labute approximate surface area is 256 Å². The third-order valence-corrected chi connectivity index (χ3v) is 6.74. The molecular weight excluding hydrogens is 609 g/mol. The van der Waals surface area contributed by atoms with Crippen molar-refractivity contribution in [2.45, 2.75) is 33.9 Å². The molecule has 0 aliphatic carbocycles. The number of aromatic nitrogens is 2. The van der Waals surface area contributed by atoms with E-state index >= 15 is 0 Å². The smallest absolute Gasteiger partial charge is 0.168 e. The number of nitrogen functional groups attached to an aromatic ring is 1. The molecule has 42 heavy (non-hydrogen) atoms. The lowest BCUT2D eigenvalue weighted by molar-refractivity contribution is 0.134. The van der Waals surface area contributed by atoms with Crippen molar-refractivity contribution in [3.05, 3.63) is 109 Å². The average molecular weight is 632 g/mol. The highest BCUT2D eigenvalue weighted by atomic mass is 35.5. The van der Waals surface area contributed by atoms with Crippen molar-refractivity contribution in [1.29, 1.82) is 10.5 Å². The summed E-state index contributed by atoms with van der Waals surface area (Å²) in [5.74, 6) is -1.37. The van der Waals surface area contributed by atoms with Gasteiger partial charge in [0.05, 0.1) is 37.6 Å². The molecular formula is C29H23Cl3F2N6O2. The first-order valence-electron chi connectivity index (χ1n) is 11.8. The fourth-order valence-electron chi connectivity index (χ4n) is 3.83. The van der Waals surface area contributed by atoms with E-state index in [0.717, 1.165) is 41.2 Å². The zero-order valence-corrected chi connectivity index (χ0v) is 23.3. The number of fused-ring (bicyclic) bond motifs is 2. The summed E-state index contributed by atoms with van der Waals surface area (Å²) in [6.45, 7) is 2.43. The van der Waals surface area contributed by atoms with Gasteiger partial charge in [-0.15, -0.1) is 0 Å². The fourth-order valence-corrected chi connectivity index (χ4v) is 4.38. The number of rotatable bonds is 2. The Balaban J connectivity index is 0.000000187. The maximum atomic E-state index is 13.9. The van der Waals surface area contributed by atoms with Gasteiger partial charge in [-0.2, -0.15) is 10.5 Å². The second-order valence-corrected chi connectivity index (χ2v) is 9.59. The van der Waals surface area contributed by atoms with Crippen LogP contribution in [0.25, 0.3) is 0 Å². The van der Waals surface area contributed by atoms with E-state index < -0.39 is 11.6 Å². The molecule has 0 saturated heterocycles. The third-order valence-electron chi connectivity index (χ3n) is 5.90. The lowest BCUT2D eigenvalue weighted by atomic mass is 10.1. The minimum atomic E-state index is -0.743. The zero-order valence-electron chi connectivity index (χ0n) is 21.0. The highest BCUT2D eigenvalue weighted by Gasteiger charge is 2.17. The molecule has 2 aliphatic heterocycles. The number of anilines is 3. The Morgan fingerprint density at radius 3 is 1.93 bits per heavy atom. The molecule has 0 fully saturated rings. The predicted molar refractivity (Wildman–Crippen MR) is 157 cm³/mol. The number of benzene rings is 2. The first-order chi connectivity index (χ1) is 19.7. The minimum absolute atomic E-state index is 0. The summed E-state index contributed by atoms with van der Waals surface area (Å²) in [6.07, 6.45) is 0. The summed E-state index contributed by atoms with van der Waals surface area (Å²) in [4.78, 5) is 7.26. The van der Waals surface area contributed by atoms with Crippen molar-refractivity contribution in [3.63, 3.8) is 0 Å². The van der Waals surface area contributed by atoms with Gasteiger partial charge < -0.3 is 20.5 Å². The monoisotopic (exact) mass is 630 g/mol. The number of nitrogens with zero attached hydrogens (tertiary/aromatic N) is 4. The van der Waals surface area contributed by atoms with Gasteiger partial charge in [-0.05, 0) is 35.4 Å². The highest BCUT2D eigenvalue weighted by Crippen LogP contribution is 2.31. The Morgan fingerprint density at radius 2 is 1.31 bits per heavy atom. The molecule has 3 N–H and O–H groups in total. The number of nitrogens with one attached hydrogen (secondary N) is 1. The Morgan fingerprint density at radius 1 is 0.762 bits per heavy atom. The molecule has 0 unspecified atom stereocenters. The van der Waals surface area contributed by atoms with Gasteiger partial charge >= 0.3 is 0 Å². The van der Waals surface area contributed by atoms with Crippen LogP contribution < -0.4 is 11.1 Å². The van der Waals surface area contributed by atoms with Gasteiger partial charge in [0.25, 0.3) is 0 Å². The van der Waals surface area contributed by atoms with Crippen molar-refractivity contribution in [3.8, 4) is 12.1 Å². The summed E-state index contributed by atoms with van der Waals surface area (Å²) in [7, 11) is 0. The van der Waals surface area contributed by atoms with E-state index in [9.17, 15) is 8.78 Å². The first kappa shape index (κ1) is 32.5. The maximum Gasteiger partial charge on any atom is 0.168 e. The van der Waals surface area contributed by atoms with E-state index in [0.29, 0.717) is 19.8 Å². The molecule has 8 nitrogen and oxygen atoms in total. The standard InChI is InChI=1S/C14H9ClFN3O.C8H9NO.C6HCl2FN2.CH4/c15-13-9(5-17)4-11(16)14(19-13)18-12-3-1-2-8-6-20-7-10(8)12;9-8-3-1-2-6-4-10-5-7(6)8;7-5-3(2-10)1-4(9)6(8)11-5;/h1-4H,6-7H2,(H,18,19);1-3H,4-5,9H2;1H;1H4. The van der Waals surface area contributed by atoms with Crippen LogP contribution in [0.4, 0.5) is 26.0 Å². The molecule has 0 radical (unpaired) electrons. The van der Waals surface area contributed by atoms with Gasteiger partial charge in [0.1, 0.15) is 22.4 Å². The largest absolute Gasteiger partial charge is 0.398 e. The third kappa shape index (κ3) is 7.62. The predicted octanol–water partition coefficient (Wildman–Crippen LogP) is 7.85. The molecule has 0 atom stereocenters. The van der Waals surface area contributed by atoms with Crippen LogP contribution in [0.5, 0.6) is 0 Å². The topological polar surface area (TPSA) is 130 Å². The SMILES string of the molecule is C.N#Cc1cc(F)c(Cl)nc1Cl.N#Cc1cc(F)c(Nc2cccc3c2COC3)nc1Cl.Nc1cccc2c1COC2. The molecule has 216 valence electrons. The molecule has 4 aromatic rings. The van der Waals surface area contributed by atoms with E-state index in [1.807, 2.05) is 30.3 Å². The van der Waals surface area contributed by atoms with Gasteiger partial charge in [-0.25, -0.2) is 18.7 Å². The van der Waals surface area contributed by atoms with Gasteiger partial charge in [0, 0.05) is 22.5 Å². The molecule has 2 aromatic heterocycles.